The van der Waals surface area contributed by atoms with E-state index < -0.39 is 5.25 Å². The highest BCUT2D eigenvalue weighted by Gasteiger charge is 2.39. The summed E-state index contributed by atoms with van der Waals surface area (Å²) in [4.78, 5) is 32.7. The molecule has 0 aliphatic carbocycles. The number of rotatable bonds is 10. The zero-order chi connectivity index (χ0) is 27.1. The molecule has 0 spiro atoms. The van der Waals surface area contributed by atoms with Crippen LogP contribution in [0.25, 0.3) is 0 Å². The van der Waals surface area contributed by atoms with Crippen LogP contribution in [-0.4, -0.2) is 55.6 Å². The van der Waals surface area contributed by atoms with E-state index in [-0.39, 0.29) is 24.8 Å². The number of thioether (sulfide) groups is 1. The van der Waals surface area contributed by atoms with Gasteiger partial charge in [0.25, 0.3) is 0 Å². The lowest BCUT2D eigenvalue weighted by Crippen LogP contribution is -2.33. The zero-order valence-corrected chi connectivity index (χ0v) is 22.4. The van der Waals surface area contributed by atoms with E-state index in [1.165, 1.54) is 18.9 Å². The van der Waals surface area contributed by atoms with E-state index in [4.69, 9.17) is 23.9 Å². The van der Waals surface area contributed by atoms with Crippen LogP contribution < -0.4 is 24.3 Å². The molecule has 0 bridgehead atoms. The number of aliphatic imine (C=N–C) groups is 1. The van der Waals surface area contributed by atoms with Gasteiger partial charge in [0, 0.05) is 18.2 Å². The average molecular weight is 536 g/mol. The lowest BCUT2D eigenvalue weighted by Gasteiger charge is -2.18. The lowest BCUT2D eigenvalue weighted by molar-refractivity contribution is -0.128. The van der Waals surface area contributed by atoms with Crippen molar-refractivity contribution in [3.05, 3.63) is 72.3 Å². The average Bonchev–Trinajstić information content (AvgIpc) is 3.21. The highest BCUT2D eigenvalue weighted by molar-refractivity contribution is 8.15. The Bertz CT molecular complexity index is 1330. The smallest absolute Gasteiger partial charge is 0.242 e. The molecule has 198 valence electrons. The summed E-state index contributed by atoms with van der Waals surface area (Å²) in [6.07, 6.45) is -0.0198. The molecule has 10 heteroatoms. The Kier molecular flexibility index (Phi) is 8.75. The molecule has 3 aromatic rings. The minimum Gasteiger partial charge on any atom is -0.493 e. The SMILES string of the molecule is COc1ccc(CN2C(=O)[C@H](CC(=O)Nc3ccc(OC)c(OC)c3)SC2=Nc2ccccc2)cc1OC. The third-order valence-electron chi connectivity index (χ3n) is 5.83. The quantitative estimate of drug-likeness (QED) is 0.395. The van der Waals surface area contributed by atoms with Crippen molar-refractivity contribution in [2.45, 2.75) is 18.2 Å². The molecule has 1 atom stereocenters. The van der Waals surface area contributed by atoms with Crippen LogP contribution in [-0.2, 0) is 16.1 Å². The van der Waals surface area contributed by atoms with Crippen molar-refractivity contribution in [3.8, 4) is 23.0 Å². The van der Waals surface area contributed by atoms with Gasteiger partial charge in [-0.15, -0.1) is 0 Å². The predicted molar refractivity (Wildman–Crippen MR) is 148 cm³/mol. The van der Waals surface area contributed by atoms with Crippen LogP contribution in [0.15, 0.2) is 71.7 Å². The highest BCUT2D eigenvalue weighted by atomic mass is 32.2. The molecule has 9 nitrogen and oxygen atoms in total. The molecule has 1 aliphatic heterocycles. The van der Waals surface area contributed by atoms with Gasteiger partial charge in [-0.2, -0.15) is 0 Å². The van der Waals surface area contributed by atoms with Crippen LogP contribution in [0, 0.1) is 0 Å². The van der Waals surface area contributed by atoms with Crippen molar-refractivity contribution < 1.29 is 28.5 Å². The normalized spacial score (nSPS) is 15.9. The summed E-state index contributed by atoms with van der Waals surface area (Å²) in [6.45, 7) is 0.269. The zero-order valence-electron chi connectivity index (χ0n) is 21.6. The summed E-state index contributed by atoms with van der Waals surface area (Å²) in [5.74, 6) is 1.73. The van der Waals surface area contributed by atoms with Gasteiger partial charge in [-0.25, -0.2) is 4.99 Å². The van der Waals surface area contributed by atoms with Gasteiger partial charge in [-0.3, -0.25) is 14.5 Å². The fourth-order valence-corrected chi connectivity index (χ4v) is 5.10. The molecule has 38 heavy (non-hydrogen) atoms. The van der Waals surface area contributed by atoms with Crippen LogP contribution >= 0.6 is 11.8 Å². The minimum atomic E-state index is -0.627. The van der Waals surface area contributed by atoms with Crippen molar-refractivity contribution in [2.24, 2.45) is 4.99 Å². The standard InChI is InChI=1S/C28H29N3O6S/c1-34-21-12-10-18(14-23(21)36-3)17-31-27(33)25(38-28(31)30-19-8-6-5-7-9-19)16-26(32)29-20-11-13-22(35-2)24(15-20)37-4/h5-15,25H,16-17H2,1-4H3,(H,29,32)/t25-/m0/s1. The number of amidine groups is 1. The predicted octanol–water partition coefficient (Wildman–Crippen LogP) is 4.88. The van der Waals surface area contributed by atoms with Crippen LogP contribution in [0.2, 0.25) is 0 Å². The molecule has 2 amide bonds. The number of carbonyl (C=O) groups excluding carboxylic acids is 2. The third-order valence-corrected chi connectivity index (χ3v) is 7.00. The van der Waals surface area contributed by atoms with Gasteiger partial charge >= 0.3 is 0 Å². The van der Waals surface area contributed by atoms with Crippen LogP contribution in [0.1, 0.15) is 12.0 Å². The van der Waals surface area contributed by atoms with Crippen LogP contribution in [0.3, 0.4) is 0 Å². The first-order valence-electron chi connectivity index (χ1n) is 11.8. The van der Waals surface area contributed by atoms with Gasteiger partial charge in [0.2, 0.25) is 11.8 Å². The summed E-state index contributed by atoms with van der Waals surface area (Å²) in [6, 6.07) is 20.0. The fourth-order valence-electron chi connectivity index (χ4n) is 3.94. The van der Waals surface area contributed by atoms with Gasteiger partial charge in [-0.1, -0.05) is 36.0 Å². The first kappa shape index (κ1) is 26.9. The second kappa shape index (κ2) is 12.4. The van der Waals surface area contributed by atoms with Crippen molar-refractivity contribution >= 4 is 40.1 Å². The summed E-state index contributed by atoms with van der Waals surface area (Å²) in [7, 11) is 6.20. The number of benzene rings is 3. The molecule has 1 saturated heterocycles. The van der Waals surface area contributed by atoms with E-state index in [9.17, 15) is 9.59 Å². The number of amides is 2. The number of para-hydroxylation sites is 1. The third kappa shape index (κ3) is 6.20. The van der Waals surface area contributed by atoms with Crippen molar-refractivity contribution in [1.82, 2.24) is 4.90 Å². The molecule has 3 aromatic carbocycles. The Morgan fingerprint density at radius 2 is 1.50 bits per heavy atom. The highest BCUT2D eigenvalue weighted by Crippen LogP contribution is 2.35. The van der Waals surface area contributed by atoms with E-state index in [1.54, 1.807) is 50.5 Å². The maximum Gasteiger partial charge on any atom is 0.242 e. The number of nitrogens with zero attached hydrogens (tertiary/aromatic N) is 2. The van der Waals surface area contributed by atoms with E-state index in [2.05, 4.69) is 5.32 Å². The van der Waals surface area contributed by atoms with Gasteiger partial charge in [0.1, 0.15) is 5.25 Å². The van der Waals surface area contributed by atoms with Crippen LogP contribution in [0.4, 0.5) is 11.4 Å². The Morgan fingerprint density at radius 3 is 2.16 bits per heavy atom. The maximum atomic E-state index is 13.5. The lowest BCUT2D eigenvalue weighted by atomic mass is 10.1. The van der Waals surface area contributed by atoms with Gasteiger partial charge in [-0.05, 0) is 42.0 Å². The Morgan fingerprint density at radius 1 is 0.868 bits per heavy atom. The Labute approximate surface area is 225 Å². The van der Waals surface area contributed by atoms with Crippen molar-refractivity contribution in [3.63, 3.8) is 0 Å². The topological polar surface area (TPSA) is 98.7 Å². The molecule has 1 N–H and O–H groups in total. The number of anilines is 1. The van der Waals surface area contributed by atoms with Gasteiger partial charge < -0.3 is 24.3 Å². The van der Waals surface area contributed by atoms with Gasteiger partial charge in [0.15, 0.2) is 28.2 Å². The molecule has 0 radical (unpaired) electrons. The minimum absolute atomic E-state index is 0.0198. The monoisotopic (exact) mass is 535 g/mol. The van der Waals surface area contributed by atoms with Gasteiger partial charge in [0.05, 0.1) is 40.7 Å². The summed E-state index contributed by atoms with van der Waals surface area (Å²) in [5.41, 5.74) is 2.10. The molecule has 0 unspecified atom stereocenters. The molecule has 1 fully saturated rings. The first-order valence-corrected chi connectivity index (χ1v) is 12.7. The number of ether oxygens (including phenoxy) is 4. The number of methoxy groups -OCH3 is 4. The van der Waals surface area contributed by atoms with Crippen molar-refractivity contribution in [1.29, 1.82) is 0 Å². The summed E-state index contributed by atoms with van der Waals surface area (Å²) >= 11 is 1.28. The van der Waals surface area contributed by atoms with Crippen molar-refractivity contribution in [2.75, 3.05) is 33.8 Å². The summed E-state index contributed by atoms with van der Waals surface area (Å²) in [5, 5.41) is 2.74. The molecule has 0 aromatic heterocycles. The maximum absolute atomic E-state index is 13.5. The fraction of sp³-hybridized carbons (Fsp3) is 0.250. The molecular weight excluding hydrogens is 506 g/mol. The second-order valence-electron chi connectivity index (χ2n) is 8.27. The van der Waals surface area contributed by atoms with E-state index in [0.29, 0.717) is 33.9 Å². The Hall–Kier alpha value is -4.18. The Balaban J connectivity index is 1.54. The summed E-state index contributed by atoms with van der Waals surface area (Å²) < 4.78 is 21.3. The largest absolute Gasteiger partial charge is 0.493 e. The van der Waals surface area contributed by atoms with E-state index >= 15 is 0 Å². The number of nitrogens with one attached hydrogen (secondary N) is 1. The van der Waals surface area contributed by atoms with E-state index in [0.717, 1.165) is 11.3 Å². The number of hydrogen-bond donors (Lipinski definition) is 1. The second-order valence-corrected chi connectivity index (χ2v) is 9.44. The van der Waals surface area contributed by atoms with Crippen LogP contribution in [0.5, 0.6) is 23.0 Å². The molecule has 1 aliphatic rings. The number of hydrogen-bond acceptors (Lipinski definition) is 8. The molecule has 4 rings (SSSR count). The van der Waals surface area contributed by atoms with E-state index in [1.807, 2.05) is 42.5 Å². The number of carbonyl (C=O) groups is 2. The first-order chi connectivity index (χ1) is 18.4. The molecule has 1 heterocycles. The molecule has 0 saturated carbocycles. The molecular formula is C28H29N3O6S.